The van der Waals surface area contributed by atoms with E-state index in [0.29, 0.717) is 32.3 Å². The molecule has 1 aliphatic heterocycles. The number of amides is 1. The first-order chi connectivity index (χ1) is 10.6. The third-order valence-corrected chi connectivity index (χ3v) is 2.98. The zero-order valence-corrected chi connectivity index (χ0v) is 10.7. The van der Waals surface area contributed by atoms with Crippen LogP contribution in [-0.4, -0.2) is 24.5 Å². The average molecular weight is 260 g/mol. The highest BCUT2D eigenvalue weighted by Crippen LogP contribution is 2.09. The molecule has 0 aromatic carbocycles. The SMILES string of the molecule is [2H]C([2H])([2H])C([2H])([2H])CCCCCCCC(=O)N[C@H]1CCOC1=O. The van der Waals surface area contributed by atoms with Crippen molar-refractivity contribution in [1.82, 2.24) is 5.32 Å². The Bertz CT molecular complexity index is 412. The van der Waals surface area contributed by atoms with Gasteiger partial charge in [0.1, 0.15) is 6.04 Å². The monoisotopic (exact) mass is 260 g/mol. The number of ether oxygens (including phenoxy) is 1. The van der Waals surface area contributed by atoms with Gasteiger partial charge in [-0.3, -0.25) is 4.79 Å². The average Bonchev–Trinajstić information content (AvgIpc) is 2.81. The summed E-state index contributed by atoms with van der Waals surface area (Å²) in [5.74, 6) is -0.533. The largest absolute Gasteiger partial charge is 0.464 e. The molecular weight excluding hydrogens is 230 g/mol. The summed E-state index contributed by atoms with van der Waals surface area (Å²) in [6, 6.07) is -0.510. The summed E-state index contributed by atoms with van der Waals surface area (Å²) in [4.78, 5) is 22.8. The van der Waals surface area contributed by atoms with Gasteiger partial charge in [0.25, 0.3) is 0 Å². The minimum Gasteiger partial charge on any atom is -0.464 e. The first-order valence-electron chi connectivity index (χ1n) is 9.09. The molecule has 1 atom stereocenters. The van der Waals surface area contributed by atoms with Crippen molar-refractivity contribution >= 4 is 11.9 Å². The highest BCUT2D eigenvalue weighted by Gasteiger charge is 2.27. The Morgan fingerprint density at radius 3 is 2.78 bits per heavy atom. The Kier molecular flexibility index (Phi) is 4.45. The zero-order valence-electron chi connectivity index (χ0n) is 15.7. The van der Waals surface area contributed by atoms with E-state index in [4.69, 9.17) is 11.6 Å². The van der Waals surface area contributed by atoms with E-state index in [1.807, 2.05) is 0 Å². The predicted octanol–water partition coefficient (Wildman–Crippen LogP) is 2.56. The van der Waals surface area contributed by atoms with Crippen LogP contribution in [0.1, 0.15) is 71.4 Å². The normalized spacial score (nSPS) is 24.3. The molecule has 1 N–H and O–H groups in total. The van der Waals surface area contributed by atoms with Crippen molar-refractivity contribution in [2.24, 2.45) is 0 Å². The molecule has 1 fully saturated rings. The Morgan fingerprint density at radius 2 is 2.11 bits per heavy atom. The van der Waals surface area contributed by atoms with Crippen LogP contribution in [0.5, 0.6) is 0 Å². The molecule has 0 spiro atoms. The van der Waals surface area contributed by atoms with Crippen LogP contribution in [0, 0.1) is 0 Å². The molecule has 0 bridgehead atoms. The summed E-state index contributed by atoms with van der Waals surface area (Å²) in [6.07, 6.45) is 2.36. The van der Waals surface area contributed by atoms with E-state index in [2.05, 4.69) is 5.32 Å². The quantitative estimate of drug-likeness (QED) is 0.512. The van der Waals surface area contributed by atoms with Gasteiger partial charge in [-0.25, -0.2) is 4.79 Å². The summed E-state index contributed by atoms with van der Waals surface area (Å²) in [5.41, 5.74) is 0. The molecule has 18 heavy (non-hydrogen) atoms. The molecule has 0 saturated carbocycles. The number of esters is 1. The van der Waals surface area contributed by atoms with Gasteiger partial charge < -0.3 is 10.1 Å². The van der Waals surface area contributed by atoms with Crippen molar-refractivity contribution < 1.29 is 21.2 Å². The predicted molar refractivity (Wildman–Crippen MR) is 70.1 cm³/mol. The lowest BCUT2D eigenvalue weighted by atomic mass is 10.1. The van der Waals surface area contributed by atoms with Gasteiger partial charge in [0.2, 0.25) is 5.91 Å². The van der Waals surface area contributed by atoms with Gasteiger partial charge in [0.05, 0.1) is 6.61 Å². The zero-order chi connectivity index (χ0) is 17.5. The van der Waals surface area contributed by atoms with Gasteiger partial charge in [-0.1, -0.05) is 45.3 Å². The van der Waals surface area contributed by atoms with Gasteiger partial charge >= 0.3 is 5.97 Å². The van der Waals surface area contributed by atoms with E-state index < -0.39 is 19.3 Å². The standard InChI is InChI=1S/C14H25NO3/c1-2-3-4-5-6-7-8-9-13(16)15-12-10-11-18-14(12)17/h12H,2-11H2,1H3,(H,15,16)/t12-/m0/s1/i1D3,2D2. The Labute approximate surface area is 116 Å². The molecule has 1 aliphatic rings. The maximum Gasteiger partial charge on any atom is 0.328 e. The first-order valence-corrected chi connectivity index (χ1v) is 6.59. The number of carbonyl (C=O) groups is 2. The Balaban J connectivity index is 2.03. The number of unbranched alkanes of at least 4 members (excludes halogenated alkanes) is 4. The van der Waals surface area contributed by atoms with Gasteiger partial charge in [-0.15, -0.1) is 0 Å². The van der Waals surface area contributed by atoms with Crippen LogP contribution in [0.4, 0.5) is 0 Å². The van der Waals surface area contributed by atoms with Crippen LogP contribution in [-0.2, 0) is 14.3 Å². The highest BCUT2D eigenvalue weighted by molar-refractivity contribution is 5.85. The summed E-state index contributed by atoms with van der Waals surface area (Å²) in [6.45, 7) is -2.22. The second-order valence-electron chi connectivity index (χ2n) is 4.52. The molecular formula is C14H25NO3. The van der Waals surface area contributed by atoms with Gasteiger partial charge in [0.15, 0.2) is 0 Å². The maximum atomic E-state index is 11.6. The second kappa shape index (κ2) is 8.95. The summed E-state index contributed by atoms with van der Waals surface area (Å²) < 4.78 is 41.1. The molecule has 0 unspecified atom stereocenters. The van der Waals surface area contributed by atoms with Crippen molar-refractivity contribution in [2.75, 3.05) is 6.61 Å². The molecule has 104 valence electrons. The second-order valence-corrected chi connectivity index (χ2v) is 4.52. The lowest BCUT2D eigenvalue weighted by molar-refractivity contribution is -0.141. The van der Waals surface area contributed by atoms with Gasteiger partial charge in [-0.2, -0.15) is 0 Å². The first kappa shape index (κ1) is 8.94. The van der Waals surface area contributed by atoms with Crippen LogP contribution in [0.3, 0.4) is 0 Å². The summed E-state index contributed by atoms with van der Waals surface area (Å²) in [5, 5.41) is 2.64. The van der Waals surface area contributed by atoms with Gasteiger partial charge in [0, 0.05) is 19.7 Å². The third kappa shape index (κ3) is 6.03. The minimum atomic E-state index is -2.58. The van der Waals surface area contributed by atoms with Crippen molar-refractivity contribution in [3.63, 3.8) is 0 Å². The van der Waals surface area contributed by atoms with Crippen LogP contribution in [0.25, 0.3) is 0 Å². The molecule has 1 heterocycles. The molecule has 4 heteroatoms. The smallest absolute Gasteiger partial charge is 0.328 e. The topological polar surface area (TPSA) is 55.4 Å². The van der Waals surface area contributed by atoms with E-state index in [9.17, 15) is 9.59 Å². The minimum absolute atomic E-state index is 0.0216. The Hall–Kier alpha value is -1.06. The number of carbonyl (C=O) groups excluding carboxylic acids is 2. The van der Waals surface area contributed by atoms with Crippen LogP contribution in [0.15, 0.2) is 0 Å². The van der Waals surface area contributed by atoms with Crippen LogP contribution >= 0.6 is 0 Å². The summed E-state index contributed by atoms with van der Waals surface area (Å²) in [7, 11) is 0. The molecule has 0 aromatic heterocycles. The van der Waals surface area contributed by atoms with E-state index in [0.717, 1.165) is 19.3 Å². The van der Waals surface area contributed by atoms with E-state index in [1.165, 1.54) is 0 Å². The molecule has 0 aliphatic carbocycles. The molecule has 0 radical (unpaired) electrons. The highest BCUT2D eigenvalue weighted by atomic mass is 16.5. The van der Waals surface area contributed by atoms with Crippen LogP contribution in [0.2, 0.25) is 0 Å². The molecule has 4 nitrogen and oxygen atoms in total. The van der Waals surface area contributed by atoms with E-state index in [-0.39, 0.29) is 18.3 Å². The molecule has 1 rings (SSSR count). The third-order valence-electron chi connectivity index (χ3n) is 2.98. The van der Waals surface area contributed by atoms with Crippen molar-refractivity contribution in [2.45, 2.75) is 70.6 Å². The Morgan fingerprint density at radius 1 is 1.39 bits per heavy atom. The maximum absolute atomic E-state index is 11.6. The molecule has 1 amide bonds. The van der Waals surface area contributed by atoms with Crippen molar-refractivity contribution in [3.05, 3.63) is 0 Å². The number of nitrogens with one attached hydrogen (secondary N) is 1. The van der Waals surface area contributed by atoms with E-state index >= 15 is 0 Å². The fraction of sp³-hybridized carbons (Fsp3) is 0.857. The lowest BCUT2D eigenvalue weighted by Gasteiger charge is -2.08. The van der Waals surface area contributed by atoms with Crippen LogP contribution < -0.4 is 5.32 Å². The fourth-order valence-electron chi connectivity index (χ4n) is 1.92. The lowest BCUT2D eigenvalue weighted by Crippen LogP contribution is -2.37. The van der Waals surface area contributed by atoms with Crippen molar-refractivity contribution in [1.29, 1.82) is 0 Å². The fourth-order valence-corrected chi connectivity index (χ4v) is 1.92. The number of cyclic esters (lactones) is 1. The summed E-state index contributed by atoms with van der Waals surface area (Å²) >= 11 is 0. The molecule has 0 aromatic rings. The number of rotatable bonds is 9. The van der Waals surface area contributed by atoms with E-state index in [1.54, 1.807) is 0 Å². The number of hydrogen-bond donors (Lipinski definition) is 1. The molecule has 1 saturated heterocycles. The van der Waals surface area contributed by atoms with Crippen molar-refractivity contribution in [3.8, 4) is 0 Å². The number of hydrogen-bond acceptors (Lipinski definition) is 3. The van der Waals surface area contributed by atoms with Gasteiger partial charge in [-0.05, 0) is 6.42 Å².